The van der Waals surface area contributed by atoms with Crippen molar-refractivity contribution < 1.29 is 4.74 Å². The number of rotatable bonds is 5. The van der Waals surface area contributed by atoms with Gasteiger partial charge in [0.2, 0.25) is 0 Å². The minimum Gasteiger partial charge on any atom is -0.399 e. The van der Waals surface area contributed by atoms with Crippen molar-refractivity contribution in [2.75, 3.05) is 11.5 Å². The van der Waals surface area contributed by atoms with Crippen LogP contribution in [0, 0.1) is 0 Å². The van der Waals surface area contributed by atoms with E-state index in [9.17, 15) is 0 Å². The monoisotopic (exact) mass is 284 g/mol. The Labute approximate surface area is 124 Å². The number of nitrogens with two attached hydrogens (primary N) is 2. The first kappa shape index (κ1) is 15.0. The first-order valence-corrected chi connectivity index (χ1v) is 6.82. The number of hydrogen-bond donors (Lipinski definition) is 2. The van der Waals surface area contributed by atoms with Crippen molar-refractivity contribution in [1.29, 1.82) is 0 Å². The molecule has 0 aliphatic carbocycles. The van der Waals surface area contributed by atoms with Gasteiger partial charge in [-0.2, -0.15) is 10.2 Å². The predicted molar refractivity (Wildman–Crippen MR) is 85.8 cm³/mol. The molecule has 4 N–H and O–H groups in total. The highest BCUT2D eigenvalue weighted by Crippen LogP contribution is 2.26. The third kappa shape index (κ3) is 4.57. The van der Waals surface area contributed by atoms with Gasteiger partial charge in [0.25, 0.3) is 0 Å². The average molecular weight is 284 g/mol. The minimum atomic E-state index is 0.147. The number of hydrogen-bond acceptors (Lipinski definition) is 5. The molecule has 5 heteroatoms. The van der Waals surface area contributed by atoms with E-state index in [4.69, 9.17) is 16.2 Å². The highest BCUT2D eigenvalue weighted by Gasteiger charge is 2.04. The lowest BCUT2D eigenvalue weighted by atomic mass is 10.1. The third-order valence-electron chi connectivity index (χ3n) is 2.84. The van der Waals surface area contributed by atoms with Crippen LogP contribution >= 0.6 is 0 Å². The quantitative estimate of drug-likeness (QED) is 0.637. The van der Waals surface area contributed by atoms with Gasteiger partial charge in [0.05, 0.1) is 24.1 Å². The molecule has 2 aromatic carbocycles. The summed E-state index contributed by atoms with van der Waals surface area (Å²) in [5, 5.41) is 8.48. The largest absolute Gasteiger partial charge is 0.399 e. The predicted octanol–water partition coefficient (Wildman–Crippen LogP) is 4.19. The molecule has 0 spiro atoms. The van der Waals surface area contributed by atoms with E-state index >= 15 is 0 Å². The lowest BCUT2D eigenvalue weighted by Gasteiger charge is -2.10. The van der Waals surface area contributed by atoms with Gasteiger partial charge in [-0.3, -0.25) is 0 Å². The molecule has 2 aromatic rings. The van der Waals surface area contributed by atoms with Gasteiger partial charge in [-0.1, -0.05) is 0 Å². The van der Waals surface area contributed by atoms with E-state index in [2.05, 4.69) is 10.2 Å². The summed E-state index contributed by atoms with van der Waals surface area (Å²) < 4.78 is 5.62. The van der Waals surface area contributed by atoms with E-state index in [-0.39, 0.29) is 6.10 Å². The van der Waals surface area contributed by atoms with Gasteiger partial charge >= 0.3 is 0 Å². The third-order valence-corrected chi connectivity index (χ3v) is 2.84. The summed E-state index contributed by atoms with van der Waals surface area (Å²) in [6, 6.07) is 12.7. The second-order valence-electron chi connectivity index (χ2n) is 5.04. The fourth-order valence-electron chi connectivity index (χ4n) is 1.73. The van der Waals surface area contributed by atoms with Crippen molar-refractivity contribution in [2.24, 2.45) is 10.2 Å². The van der Waals surface area contributed by atoms with Gasteiger partial charge < -0.3 is 16.2 Å². The van der Waals surface area contributed by atoms with Gasteiger partial charge in [-0.25, -0.2) is 0 Å². The second kappa shape index (κ2) is 6.85. The van der Waals surface area contributed by atoms with E-state index in [1.54, 1.807) is 18.2 Å². The molecule has 0 aromatic heterocycles. The summed E-state index contributed by atoms with van der Waals surface area (Å²) in [6.07, 6.45) is 0.147. The van der Waals surface area contributed by atoms with Crippen LogP contribution in [0.3, 0.4) is 0 Å². The van der Waals surface area contributed by atoms with Crippen LogP contribution in [0.4, 0.5) is 22.7 Å². The van der Waals surface area contributed by atoms with Crippen molar-refractivity contribution in [2.45, 2.75) is 26.6 Å². The zero-order chi connectivity index (χ0) is 15.2. The van der Waals surface area contributed by atoms with E-state index in [1.807, 2.05) is 38.1 Å². The first-order chi connectivity index (χ1) is 10.0. The first-order valence-electron chi connectivity index (χ1n) is 6.82. The van der Waals surface area contributed by atoms with Gasteiger partial charge in [0.1, 0.15) is 0 Å². The maximum atomic E-state index is 5.82. The summed E-state index contributed by atoms with van der Waals surface area (Å²) >= 11 is 0. The molecule has 0 aliphatic heterocycles. The van der Waals surface area contributed by atoms with Gasteiger partial charge in [0, 0.05) is 16.9 Å². The number of anilines is 2. The molecular formula is C16H20N4O. The normalized spacial score (nSPS) is 11.4. The molecule has 0 saturated heterocycles. The second-order valence-corrected chi connectivity index (χ2v) is 5.04. The highest BCUT2D eigenvalue weighted by molar-refractivity contribution is 5.55. The van der Waals surface area contributed by atoms with Crippen LogP contribution in [0.1, 0.15) is 19.4 Å². The minimum absolute atomic E-state index is 0.147. The van der Waals surface area contributed by atoms with Crippen molar-refractivity contribution in [3.05, 3.63) is 48.0 Å². The molecule has 0 saturated carbocycles. The summed E-state index contributed by atoms with van der Waals surface area (Å²) in [5.41, 5.74) is 15.3. The summed E-state index contributed by atoms with van der Waals surface area (Å²) in [4.78, 5) is 0. The fourth-order valence-corrected chi connectivity index (χ4v) is 1.73. The van der Waals surface area contributed by atoms with Crippen molar-refractivity contribution in [3.63, 3.8) is 0 Å². The molecule has 21 heavy (non-hydrogen) atoms. The lowest BCUT2D eigenvalue weighted by Crippen LogP contribution is -2.02. The Bertz CT molecular complexity index is 621. The standard InChI is InChI=1S/C16H20N4O/c1-11(2)21-10-12-9-14(18)5-8-16(12)20-19-15-6-3-13(17)4-7-15/h3-9,11H,10,17-18H2,1-2H3. The number of ether oxygens (including phenoxy) is 1. The smallest absolute Gasteiger partial charge is 0.0913 e. The van der Waals surface area contributed by atoms with Crippen LogP contribution in [0.2, 0.25) is 0 Å². The zero-order valence-electron chi connectivity index (χ0n) is 12.3. The molecule has 110 valence electrons. The van der Waals surface area contributed by atoms with Crippen molar-refractivity contribution in [1.82, 2.24) is 0 Å². The summed E-state index contributed by atoms with van der Waals surface area (Å²) in [5.74, 6) is 0. The van der Waals surface area contributed by atoms with Gasteiger partial charge in [-0.15, -0.1) is 0 Å². The Morgan fingerprint density at radius 1 is 0.952 bits per heavy atom. The highest BCUT2D eigenvalue weighted by atomic mass is 16.5. The van der Waals surface area contributed by atoms with E-state index in [0.717, 1.165) is 16.9 Å². The lowest BCUT2D eigenvalue weighted by molar-refractivity contribution is 0.0660. The van der Waals surface area contributed by atoms with E-state index in [1.165, 1.54) is 0 Å². The number of nitrogens with zero attached hydrogens (tertiary/aromatic N) is 2. The SMILES string of the molecule is CC(C)OCc1cc(N)ccc1N=Nc1ccc(N)cc1. The molecular weight excluding hydrogens is 264 g/mol. The average Bonchev–Trinajstić information content (AvgIpc) is 2.45. The van der Waals surface area contributed by atoms with E-state index < -0.39 is 0 Å². The molecule has 0 radical (unpaired) electrons. The Balaban J connectivity index is 2.20. The molecule has 0 fully saturated rings. The topological polar surface area (TPSA) is 86.0 Å². The summed E-state index contributed by atoms with van der Waals surface area (Å²) in [7, 11) is 0. The van der Waals surface area contributed by atoms with Crippen molar-refractivity contribution >= 4 is 22.7 Å². The molecule has 2 rings (SSSR count). The van der Waals surface area contributed by atoms with Crippen LogP contribution < -0.4 is 11.5 Å². The maximum Gasteiger partial charge on any atom is 0.0913 e. The Morgan fingerprint density at radius 3 is 2.29 bits per heavy atom. The molecule has 0 bridgehead atoms. The summed E-state index contributed by atoms with van der Waals surface area (Å²) in [6.45, 7) is 4.43. The Morgan fingerprint density at radius 2 is 1.62 bits per heavy atom. The van der Waals surface area contributed by atoms with Crippen LogP contribution in [0.25, 0.3) is 0 Å². The number of benzene rings is 2. The van der Waals surface area contributed by atoms with Gasteiger partial charge in [0.15, 0.2) is 0 Å². The van der Waals surface area contributed by atoms with Crippen LogP contribution in [-0.4, -0.2) is 6.10 Å². The Kier molecular flexibility index (Phi) is 4.90. The molecule has 0 unspecified atom stereocenters. The molecule has 0 amide bonds. The van der Waals surface area contributed by atoms with Crippen LogP contribution in [0.5, 0.6) is 0 Å². The molecule has 0 atom stereocenters. The van der Waals surface area contributed by atoms with Crippen molar-refractivity contribution in [3.8, 4) is 0 Å². The number of azo groups is 1. The Hall–Kier alpha value is -2.40. The molecule has 0 aliphatic rings. The molecule has 0 heterocycles. The van der Waals surface area contributed by atoms with Crippen LogP contribution in [0.15, 0.2) is 52.7 Å². The number of nitrogen functional groups attached to an aromatic ring is 2. The maximum absolute atomic E-state index is 5.82. The fraction of sp³-hybridized carbons (Fsp3) is 0.250. The van der Waals surface area contributed by atoms with Gasteiger partial charge in [-0.05, 0) is 56.3 Å². The molecule has 5 nitrogen and oxygen atoms in total. The zero-order valence-corrected chi connectivity index (χ0v) is 12.3. The van der Waals surface area contributed by atoms with Crippen LogP contribution in [-0.2, 0) is 11.3 Å². The van der Waals surface area contributed by atoms with E-state index in [0.29, 0.717) is 18.0 Å².